The highest BCUT2D eigenvalue weighted by atomic mass is 19.4. The number of ether oxygens (including phenoxy) is 1. The molecule has 0 spiro atoms. The maximum Gasteiger partial charge on any atom is 0.416 e. The Kier molecular flexibility index (Phi) is 5.16. The molecular weight excluding hydrogens is 309 g/mol. The monoisotopic (exact) mass is 322 g/mol. The standard InChI is InChI=1S/C17H13F3O3/c18-17(19,20)14-8-4-7-13(9-14)11-16(22)23-15(21)10-12-5-2-1-3-6-12/h1-9H,10-11H2. The lowest BCUT2D eigenvalue weighted by atomic mass is 10.1. The number of carbonyl (C=O) groups excluding carboxylic acids is 2. The van der Waals surface area contributed by atoms with Crippen LogP contribution in [0.3, 0.4) is 0 Å². The minimum atomic E-state index is -4.48. The normalized spacial score (nSPS) is 11.1. The van der Waals surface area contributed by atoms with Gasteiger partial charge in [0.15, 0.2) is 0 Å². The Morgan fingerprint density at radius 2 is 1.39 bits per heavy atom. The second-order valence-corrected chi connectivity index (χ2v) is 4.88. The van der Waals surface area contributed by atoms with Crippen molar-refractivity contribution in [3.8, 4) is 0 Å². The highest BCUT2D eigenvalue weighted by molar-refractivity contribution is 5.87. The first kappa shape index (κ1) is 16.7. The van der Waals surface area contributed by atoms with E-state index in [0.717, 1.165) is 12.1 Å². The predicted molar refractivity (Wildman–Crippen MR) is 76.4 cm³/mol. The van der Waals surface area contributed by atoms with Gasteiger partial charge in [-0.1, -0.05) is 48.5 Å². The van der Waals surface area contributed by atoms with Crippen LogP contribution in [-0.4, -0.2) is 11.9 Å². The van der Waals surface area contributed by atoms with Gasteiger partial charge in [0.1, 0.15) is 0 Å². The first-order valence-corrected chi connectivity index (χ1v) is 6.78. The van der Waals surface area contributed by atoms with Gasteiger partial charge in [-0.05, 0) is 17.2 Å². The zero-order chi connectivity index (χ0) is 16.9. The number of alkyl halides is 3. The number of carbonyl (C=O) groups is 2. The number of esters is 2. The average Bonchev–Trinajstić information content (AvgIpc) is 2.47. The molecular formula is C17H13F3O3. The maximum absolute atomic E-state index is 12.6. The van der Waals surface area contributed by atoms with Gasteiger partial charge in [-0.15, -0.1) is 0 Å². The Bertz CT molecular complexity index is 694. The van der Waals surface area contributed by atoms with Crippen LogP contribution < -0.4 is 0 Å². The Morgan fingerprint density at radius 1 is 0.826 bits per heavy atom. The van der Waals surface area contributed by atoms with Gasteiger partial charge in [0, 0.05) is 0 Å². The molecule has 0 saturated carbocycles. The fourth-order valence-corrected chi connectivity index (χ4v) is 1.99. The highest BCUT2D eigenvalue weighted by Gasteiger charge is 2.30. The molecule has 0 heterocycles. The fourth-order valence-electron chi connectivity index (χ4n) is 1.99. The van der Waals surface area contributed by atoms with Crippen molar-refractivity contribution in [2.45, 2.75) is 19.0 Å². The summed E-state index contributed by atoms with van der Waals surface area (Å²) in [5.74, 6) is -1.63. The van der Waals surface area contributed by atoms with Crippen LogP contribution in [0.5, 0.6) is 0 Å². The van der Waals surface area contributed by atoms with Crippen molar-refractivity contribution >= 4 is 11.9 Å². The van der Waals surface area contributed by atoms with Gasteiger partial charge in [0.2, 0.25) is 0 Å². The summed E-state index contributed by atoms with van der Waals surface area (Å²) in [5.41, 5.74) is -0.0277. The first-order valence-electron chi connectivity index (χ1n) is 6.78. The van der Waals surface area contributed by atoms with Gasteiger partial charge in [-0.3, -0.25) is 9.59 Å². The van der Waals surface area contributed by atoms with E-state index in [1.807, 2.05) is 0 Å². The van der Waals surface area contributed by atoms with Crippen molar-refractivity contribution in [3.05, 3.63) is 71.3 Å². The molecule has 0 saturated heterocycles. The van der Waals surface area contributed by atoms with Crippen molar-refractivity contribution in [2.24, 2.45) is 0 Å². The molecule has 0 amide bonds. The van der Waals surface area contributed by atoms with Gasteiger partial charge in [0.05, 0.1) is 18.4 Å². The van der Waals surface area contributed by atoms with E-state index < -0.39 is 30.1 Å². The summed E-state index contributed by atoms with van der Waals surface area (Å²) < 4.78 is 42.4. The zero-order valence-corrected chi connectivity index (χ0v) is 12.0. The van der Waals surface area contributed by atoms with Gasteiger partial charge in [-0.25, -0.2) is 0 Å². The molecule has 0 aromatic heterocycles. The summed E-state index contributed by atoms with van der Waals surface area (Å²) in [4.78, 5) is 23.3. The van der Waals surface area contributed by atoms with Crippen LogP contribution in [0.2, 0.25) is 0 Å². The fraction of sp³-hybridized carbons (Fsp3) is 0.176. The molecule has 3 nitrogen and oxygen atoms in total. The quantitative estimate of drug-likeness (QED) is 0.638. The van der Waals surface area contributed by atoms with E-state index in [2.05, 4.69) is 4.74 Å². The Labute approximate surface area is 130 Å². The number of rotatable bonds is 4. The summed E-state index contributed by atoms with van der Waals surface area (Å²) in [6.45, 7) is 0. The smallest absolute Gasteiger partial charge is 0.393 e. The van der Waals surface area contributed by atoms with Gasteiger partial charge in [-0.2, -0.15) is 13.2 Å². The summed E-state index contributed by atoms with van der Waals surface area (Å²) in [7, 11) is 0. The lowest BCUT2D eigenvalue weighted by Crippen LogP contribution is -2.16. The molecule has 2 rings (SSSR count). The molecule has 0 aliphatic rings. The molecule has 0 fully saturated rings. The van der Waals surface area contributed by atoms with Crippen molar-refractivity contribution < 1.29 is 27.5 Å². The third-order valence-corrected chi connectivity index (χ3v) is 3.02. The van der Waals surface area contributed by atoms with Gasteiger partial charge in [0.25, 0.3) is 0 Å². The van der Waals surface area contributed by atoms with Crippen LogP contribution in [0.1, 0.15) is 16.7 Å². The third-order valence-electron chi connectivity index (χ3n) is 3.02. The molecule has 0 bridgehead atoms. The molecule has 0 unspecified atom stereocenters. The third kappa shape index (κ3) is 5.25. The second-order valence-electron chi connectivity index (χ2n) is 4.88. The maximum atomic E-state index is 12.6. The zero-order valence-electron chi connectivity index (χ0n) is 12.0. The summed E-state index contributed by atoms with van der Waals surface area (Å²) in [6.07, 6.45) is -4.96. The summed E-state index contributed by atoms with van der Waals surface area (Å²) >= 11 is 0. The van der Waals surface area contributed by atoms with E-state index in [-0.39, 0.29) is 12.0 Å². The van der Waals surface area contributed by atoms with Crippen LogP contribution in [0, 0.1) is 0 Å². The molecule has 120 valence electrons. The molecule has 2 aromatic carbocycles. The molecule has 0 aliphatic heterocycles. The average molecular weight is 322 g/mol. The second kappa shape index (κ2) is 7.09. The topological polar surface area (TPSA) is 43.4 Å². The van der Waals surface area contributed by atoms with Crippen LogP contribution in [0.4, 0.5) is 13.2 Å². The summed E-state index contributed by atoms with van der Waals surface area (Å²) in [5, 5.41) is 0. The van der Waals surface area contributed by atoms with Gasteiger partial charge >= 0.3 is 18.1 Å². The minimum Gasteiger partial charge on any atom is -0.393 e. The SMILES string of the molecule is O=C(Cc1ccccc1)OC(=O)Cc1cccc(C(F)(F)F)c1. The van der Waals surface area contributed by atoms with E-state index in [4.69, 9.17) is 0 Å². The molecule has 2 aromatic rings. The number of halogens is 3. The van der Waals surface area contributed by atoms with E-state index in [1.165, 1.54) is 12.1 Å². The van der Waals surface area contributed by atoms with E-state index in [9.17, 15) is 22.8 Å². The van der Waals surface area contributed by atoms with Crippen LogP contribution >= 0.6 is 0 Å². The van der Waals surface area contributed by atoms with E-state index in [1.54, 1.807) is 30.3 Å². The summed E-state index contributed by atoms with van der Waals surface area (Å²) in [6, 6.07) is 13.0. The Hall–Kier alpha value is -2.63. The van der Waals surface area contributed by atoms with Crippen molar-refractivity contribution in [2.75, 3.05) is 0 Å². The number of hydrogen-bond donors (Lipinski definition) is 0. The van der Waals surface area contributed by atoms with E-state index in [0.29, 0.717) is 5.56 Å². The Morgan fingerprint density at radius 3 is 2.00 bits per heavy atom. The molecule has 23 heavy (non-hydrogen) atoms. The van der Waals surface area contributed by atoms with Crippen LogP contribution in [0.25, 0.3) is 0 Å². The Balaban J connectivity index is 1.93. The highest BCUT2D eigenvalue weighted by Crippen LogP contribution is 2.29. The lowest BCUT2D eigenvalue weighted by Gasteiger charge is -2.08. The van der Waals surface area contributed by atoms with Gasteiger partial charge < -0.3 is 4.74 Å². The molecule has 0 atom stereocenters. The van der Waals surface area contributed by atoms with Crippen molar-refractivity contribution in [1.29, 1.82) is 0 Å². The molecule has 0 radical (unpaired) electrons. The first-order chi connectivity index (χ1) is 10.8. The van der Waals surface area contributed by atoms with Crippen molar-refractivity contribution in [3.63, 3.8) is 0 Å². The van der Waals surface area contributed by atoms with E-state index >= 15 is 0 Å². The van der Waals surface area contributed by atoms with Crippen LogP contribution in [0.15, 0.2) is 54.6 Å². The van der Waals surface area contributed by atoms with Crippen molar-refractivity contribution in [1.82, 2.24) is 0 Å². The predicted octanol–water partition coefficient (Wildman–Crippen LogP) is 3.56. The number of benzene rings is 2. The largest absolute Gasteiger partial charge is 0.416 e. The van der Waals surface area contributed by atoms with Crippen LogP contribution in [-0.2, 0) is 33.3 Å². The lowest BCUT2D eigenvalue weighted by molar-refractivity contribution is -0.158. The minimum absolute atomic E-state index is 0.0742. The molecule has 6 heteroatoms. The molecule has 0 N–H and O–H groups in total. The molecule has 0 aliphatic carbocycles. The number of hydrogen-bond acceptors (Lipinski definition) is 3.